The maximum absolute atomic E-state index is 15.2. The van der Waals surface area contributed by atoms with E-state index < -0.39 is 50.5 Å². The van der Waals surface area contributed by atoms with Crippen molar-refractivity contribution in [1.82, 2.24) is 0 Å². The van der Waals surface area contributed by atoms with Gasteiger partial charge in [0.25, 0.3) is 0 Å². The van der Waals surface area contributed by atoms with Crippen LogP contribution in [0.1, 0.15) is 37.4 Å². The zero-order chi connectivity index (χ0) is 44.7. The van der Waals surface area contributed by atoms with Crippen molar-refractivity contribution in [3.8, 4) is 16.9 Å². The molecule has 1 aliphatic heterocycles. The summed E-state index contributed by atoms with van der Waals surface area (Å²) in [5.41, 5.74) is 4.59. The molecule has 7 aromatic rings. The van der Waals surface area contributed by atoms with Crippen molar-refractivity contribution in [2.24, 2.45) is 0 Å². The number of phosphoric acid groups is 1. The Morgan fingerprint density at radius 2 is 0.877 bits per heavy atom. The first-order valence-corrected chi connectivity index (χ1v) is 22.6. The van der Waals surface area contributed by atoms with E-state index in [1.165, 1.54) is 0 Å². The Hall–Kier alpha value is -6.69. The molecule has 0 aliphatic carbocycles. The summed E-state index contributed by atoms with van der Waals surface area (Å²) in [6.45, 7) is -0.363. The average Bonchev–Trinajstić information content (AvgIpc) is 3.36. The topological polar surface area (TPSA) is 125 Å². The fourth-order valence-corrected chi connectivity index (χ4v) is 8.45. The van der Waals surface area contributed by atoms with Gasteiger partial charge in [-0.1, -0.05) is 170 Å². The fourth-order valence-electron chi connectivity index (χ4n) is 7.09. The maximum atomic E-state index is 15.2. The third-order valence-electron chi connectivity index (χ3n) is 10.4. The number of ether oxygens (including phenoxy) is 5. The van der Waals surface area contributed by atoms with E-state index in [0.29, 0.717) is 16.9 Å². The van der Waals surface area contributed by atoms with Gasteiger partial charge in [0.05, 0.1) is 37.6 Å². The number of rotatable bonds is 19. The van der Waals surface area contributed by atoms with Crippen LogP contribution in [0.5, 0.6) is 5.75 Å². The van der Waals surface area contributed by atoms with Crippen LogP contribution in [0.4, 0.5) is 0 Å². The summed E-state index contributed by atoms with van der Waals surface area (Å²) in [4.78, 5) is 28.3. The summed E-state index contributed by atoms with van der Waals surface area (Å²) in [6, 6.07) is 61.5. The van der Waals surface area contributed by atoms with Crippen LogP contribution in [0.2, 0.25) is 0 Å². The lowest BCUT2D eigenvalue weighted by atomic mass is 9.98. The average molecular weight is 891 g/mol. The van der Waals surface area contributed by atoms with Crippen LogP contribution in [-0.2, 0) is 56.9 Å². The first-order valence-electron chi connectivity index (χ1n) is 21.2. The van der Waals surface area contributed by atoms with E-state index in [2.05, 4.69) is 0 Å². The molecule has 65 heavy (non-hydrogen) atoms. The van der Waals surface area contributed by atoms with Crippen LogP contribution >= 0.6 is 7.82 Å². The van der Waals surface area contributed by atoms with Gasteiger partial charge >= 0.3 is 19.8 Å². The summed E-state index contributed by atoms with van der Waals surface area (Å²) >= 11 is 0. The molecule has 5 unspecified atom stereocenters. The predicted octanol–water partition coefficient (Wildman–Crippen LogP) is 11.1. The molecule has 1 heterocycles. The van der Waals surface area contributed by atoms with Crippen LogP contribution < -0.4 is 4.74 Å². The van der Waals surface area contributed by atoms with Gasteiger partial charge in [-0.25, -0.2) is 14.2 Å². The van der Waals surface area contributed by atoms with Crippen LogP contribution in [0.15, 0.2) is 206 Å². The molecule has 5 atom stereocenters. The van der Waals surface area contributed by atoms with Crippen LogP contribution in [-0.4, -0.2) is 49.3 Å². The Morgan fingerprint density at radius 1 is 0.462 bits per heavy atom. The zero-order valence-corrected chi connectivity index (χ0v) is 36.2. The molecule has 12 heteroatoms. The van der Waals surface area contributed by atoms with E-state index in [9.17, 15) is 9.59 Å². The smallest absolute Gasteiger partial charge is 0.461 e. The molecule has 330 valence electrons. The third kappa shape index (κ3) is 12.5. The summed E-state index contributed by atoms with van der Waals surface area (Å²) in [6.07, 6.45) is -7.22. The normalized spacial score (nSPS) is 18.3. The molecule has 7 aromatic carbocycles. The van der Waals surface area contributed by atoms with E-state index in [-0.39, 0.29) is 37.6 Å². The second-order valence-electron chi connectivity index (χ2n) is 15.1. The lowest BCUT2D eigenvalue weighted by Gasteiger charge is -2.45. The van der Waals surface area contributed by atoms with Crippen molar-refractivity contribution in [3.63, 3.8) is 0 Å². The first kappa shape index (κ1) is 44.9. The molecule has 0 amide bonds. The standard InChI is InChI=1S/C53H47O11P/c54-51(44-27-15-5-16-28-44)62-49-48(64-65(56,58-36-40-21-9-2-10-22-40)59-37-41-23-11-3-12-24-41)47(38-57-35-39-19-7-1-8-20-39)61-53(50(49)63-52(55)45-29-17-6-18-30-45)60-46-33-31-43(32-34-46)42-25-13-4-14-26-42/h1-34,47-50,53H,35-38H2. The number of hydrogen-bond acceptors (Lipinski definition) is 11. The van der Waals surface area contributed by atoms with E-state index in [0.717, 1.165) is 16.7 Å². The van der Waals surface area contributed by atoms with Gasteiger partial charge in [0.2, 0.25) is 12.4 Å². The molecule has 1 fully saturated rings. The van der Waals surface area contributed by atoms with E-state index in [1.54, 1.807) is 72.8 Å². The molecule has 1 aliphatic rings. The Balaban J connectivity index is 1.20. The van der Waals surface area contributed by atoms with Crippen LogP contribution in [0.25, 0.3) is 11.1 Å². The molecule has 0 N–H and O–H groups in total. The van der Waals surface area contributed by atoms with Gasteiger partial charge in [-0.05, 0) is 64.2 Å². The van der Waals surface area contributed by atoms with E-state index in [1.807, 2.05) is 133 Å². The van der Waals surface area contributed by atoms with Gasteiger partial charge in [0.15, 0.2) is 6.10 Å². The third-order valence-corrected chi connectivity index (χ3v) is 11.8. The highest BCUT2D eigenvalue weighted by Gasteiger charge is 2.55. The quantitative estimate of drug-likeness (QED) is 0.0569. The lowest BCUT2D eigenvalue weighted by molar-refractivity contribution is -0.276. The van der Waals surface area contributed by atoms with Crippen molar-refractivity contribution in [2.45, 2.75) is 50.5 Å². The van der Waals surface area contributed by atoms with Gasteiger partial charge in [-0.15, -0.1) is 0 Å². The van der Waals surface area contributed by atoms with Gasteiger partial charge in [-0.3, -0.25) is 13.6 Å². The van der Waals surface area contributed by atoms with Gasteiger partial charge in [-0.2, -0.15) is 0 Å². The van der Waals surface area contributed by atoms with Gasteiger partial charge in [0, 0.05) is 0 Å². The number of carbonyl (C=O) groups excluding carboxylic acids is 2. The molecule has 8 rings (SSSR count). The summed E-state index contributed by atoms with van der Waals surface area (Å²) < 4.78 is 66.1. The minimum atomic E-state index is -4.65. The van der Waals surface area contributed by atoms with E-state index >= 15 is 4.57 Å². The number of esters is 2. The van der Waals surface area contributed by atoms with Crippen molar-refractivity contribution in [2.75, 3.05) is 6.61 Å². The SMILES string of the molecule is O=C(OC1C(Oc2ccc(-c3ccccc3)cc2)OC(COCc2ccccc2)C(OP(=O)(OCc2ccccc2)OCc2ccccc2)C1OC(=O)c1ccccc1)c1ccccc1. The highest BCUT2D eigenvalue weighted by molar-refractivity contribution is 7.48. The second-order valence-corrected chi connectivity index (χ2v) is 16.7. The maximum Gasteiger partial charge on any atom is 0.475 e. The Morgan fingerprint density at radius 3 is 1.37 bits per heavy atom. The lowest BCUT2D eigenvalue weighted by Crippen LogP contribution is -2.63. The molecule has 0 bridgehead atoms. The van der Waals surface area contributed by atoms with Gasteiger partial charge in [0.1, 0.15) is 18.0 Å². The highest BCUT2D eigenvalue weighted by Crippen LogP contribution is 2.54. The predicted molar refractivity (Wildman–Crippen MR) is 243 cm³/mol. The number of benzene rings is 7. The fraction of sp³-hybridized carbons (Fsp3) is 0.170. The minimum Gasteiger partial charge on any atom is -0.461 e. The van der Waals surface area contributed by atoms with Crippen LogP contribution in [0.3, 0.4) is 0 Å². The summed E-state index contributed by atoms with van der Waals surface area (Å²) in [7, 11) is -4.65. The Kier molecular flexibility index (Phi) is 15.4. The zero-order valence-electron chi connectivity index (χ0n) is 35.3. The molecule has 1 saturated heterocycles. The van der Waals surface area contributed by atoms with Crippen LogP contribution in [0, 0.1) is 0 Å². The number of phosphoric ester groups is 1. The molecular formula is C53H47O11P. The van der Waals surface area contributed by atoms with E-state index in [4.69, 9.17) is 37.3 Å². The molecule has 0 saturated carbocycles. The second kappa shape index (κ2) is 22.3. The molecule has 0 aromatic heterocycles. The largest absolute Gasteiger partial charge is 0.475 e. The highest BCUT2D eigenvalue weighted by atomic mass is 31.2. The van der Waals surface area contributed by atoms with Crippen molar-refractivity contribution >= 4 is 19.8 Å². The molecule has 0 spiro atoms. The minimum absolute atomic E-state index is 0.160. The molecule has 0 radical (unpaired) electrons. The van der Waals surface area contributed by atoms with Gasteiger partial charge < -0.3 is 23.7 Å². The Bertz CT molecular complexity index is 2540. The van der Waals surface area contributed by atoms with Crippen molar-refractivity contribution < 1.29 is 51.4 Å². The monoisotopic (exact) mass is 890 g/mol. The Labute approximate surface area is 378 Å². The molecular weight excluding hydrogens is 844 g/mol. The molecule has 11 nitrogen and oxygen atoms in total. The number of carbonyl (C=O) groups is 2. The number of hydrogen-bond donors (Lipinski definition) is 0. The van der Waals surface area contributed by atoms with Crippen molar-refractivity contribution in [1.29, 1.82) is 0 Å². The first-order chi connectivity index (χ1) is 31.9. The summed E-state index contributed by atoms with van der Waals surface area (Å²) in [5.74, 6) is -1.20. The summed E-state index contributed by atoms with van der Waals surface area (Å²) in [5, 5.41) is 0. The van der Waals surface area contributed by atoms with Crippen molar-refractivity contribution in [3.05, 3.63) is 234 Å².